The normalized spacial score (nSPS) is 17.8. The molecule has 0 amide bonds. The summed E-state index contributed by atoms with van der Waals surface area (Å²) in [5.74, 6) is -0.924. The van der Waals surface area contributed by atoms with Gasteiger partial charge < -0.3 is 15.0 Å². The lowest BCUT2D eigenvalue weighted by molar-refractivity contribution is 0.179. The average Bonchev–Trinajstić information content (AvgIpc) is 3.06. The van der Waals surface area contributed by atoms with E-state index in [9.17, 15) is 8.78 Å². The summed E-state index contributed by atoms with van der Waals surface area (Å²) >= 11 is 7.73. The van der Waals surface area contributed by atoms with Gasteiger partial charge in [0.1, 0.15) is 11.4 Å². The zero-order valence-corrected chi connectivity index (χ0v) is 16.8. The Balaban J connectivity index is 1.38. The molecular weight excluding hydrogens is 418 g/mol. The SMILES string of the molecule is Fc1cc(NC2=NCC3(CCC3)CS2)cc(F)c1Oc1ccnc2[nH]cc(Cl)c12. The Morgan fingerprint density at radius 1 is 1.24 bits per heavy atom. The smallest absolute Gasteiger partial charge is 0.198 e. The first kappa shape index (κ1) is 18.7. The number of pyridine rings is 1. The van der Waals surface area contributed by atoms with E-state index in [1.807, 2.05) is 0 Å². The molecule has 5 nitrogen and oxygen atoms in total. The summed E-state index contributed by atoms with van der Waals surface area (Å²) < 4.78 is 34.8. The van der Waals surface area contributed by atoms with Crippen molar-refractivity contribution in [3.63, 3.8) is 0 Å². The second kappa shape index (κ2) is 7.18. The van der Waals surface area contributed by atoms with Gasteiger partial charge in [0.2, 0.25) is 0 Å². The van der Waals surface area contributed by atoms with Crippen LogP contribution < -0.4 is 10.1 Å². The van der Waals surface area contributed by atoms with Crippen molar-refractivity contribution in [3.05, 3.63) is 47.2 Å². The third kappa shape index (κ3) is 3.44. The van der Waals surface area contributed by atoms with Gasteiger partial charge in [-0.3, -0.25) is 4.99 Å². The van der Waals surface area contributed by atoms with Gasteiger partial charge >= 0.3 is 0 Å². The predicted molar refractivity (Wildman–Crippen MR) is 112 cm³/mol. The largest absolute Gasteiger partial charge is 0.450 e. The summed E-state index contributed by atoms with van der Waals surface area (Å²) in [5.41, 5.74) is 1.10. The molecule has 0 atom stereocenters. The maximum absolute atomic E-state index is 14.7. The number of hydrogen-bond acceptors (Lipinski definition) is 5. The van der Waals surface area contributed by atoms with Crippen molar-refractivity contribution >= 4 is 45.3 Å². The van der Waals surface area contributed by atoms with E-state index in [4.69, 9.17) is 16.3 Å². The highest BCUT2D eigenvalue weighted by Gasteiger charge is 2.39. The summed E-state index contributed by atoms with van der Waals surface area (Å²) in [6, 6.07) is 3.91. The Morgan fingerprint density at radius 2 is 2.03 bits per heavy atom. The molecule has 0 unspecified atom stereocenters. The topological polar surface area (TPSA) is 62.3 Å². The van der Waals surface area contributed by atoms with Crippen molar-refractivity contribution in [1.82, 2.24) is 9.97 Å². The lowest BCUT2D eigenvalue weighted by atomic mass is 9.70. The highest BCUT2D eigenvalue weighted by Crippen LogP contribution is 2.46. The van der Waals surface area contributed by atoms with E-state index in [1.54, 1.807) is 18.0 Å². The fourth-order valence-corrected chi connectivity index (χ4v) is 5.05. The number of ether oxygens (including phenoxy) is 1. The van der Waals surface area contributed by atoms with E-state index in [0.717, 1.165) is 12.3 Å². The molecule has 3 aromatic rings. The van der Waals surface area contributed by atoms with E-state index in [2.05, 4.69) is 20.3 Å². The number of nitrogens with one attached hydrogen (secondary N) is 2. The molecule has 1 aromatic carbocycles. The fraction of sp³-hybridized carbons (Fsp3) is 0.300. The Bertz CT molecular complexity index is 1110. The Kier molecular flexibility index (Phi) is 4.63. The number of anilines is 1. The maximum atomic E-state index is 14.7. The number of aromatic amines is 1. The minimum atomic E-state index is -0.819. The van der Waals surface area contributed by atoms with Crippen LogP contribution in [0.2, 0.25) is 5.02 Å². The Labute approximate surface area is 174 Å². The zero-order valence-electron chi connectivity index (χ0n) is 15.3. The highest BCUT2D eigenvalue weighted by molar-refractivity contribution is 8.14. The van der Waals surface area contributed by atoms with E-state index in [1.165, 1.54) is 43.7 Å². The zero-order chi connectivity index (χ0) is 20.0. The molecule has 9 heteroatoms. The van der Waals surface area contributed by atoms with Gasteiger partial charge in [-0.25, -0.2) is 13.8 Å². The van der Waals surface area contributed by atoms with Crippen molar-refractivity contribution in [1.29, 1.82) is 0 Å². The minimum absolute atomic E-state index is 0.220. The number of fused-ring (bicyclic) bond motifs is 1. The second-order valence-electron chi connectivity index (χ2n) is 7.43. The van der Waals surface area contributed by atoms with Crippen LogP contribution in [-0.2, 0) is 0 Å². The van der Waals surface area contributed by atoms with Gasteiger partial charge in [0.25, 0.3) is 0 Å². The van der Waals surface area contributed by atoms with Crippen LogP contribution >= 0.6 is 23.4 Å². The van der Waals surface area contributed by atoms with Gasteiger partial charge in [-0.15, -0.1) is 0 Å². The highest BCUT2D eigenvalue weighted by atomic mass is 35.5. The molecule has 1 fully saturated rings. The number of thioether (sulfide) groups is 1. The van der Waals surface area contributed by atoms with Crippen LogP contribution in [0.4, 0.5) is 14.5 Å². The molecule has 2 aromatic heterocycles. The lowest BCUT2D eigenvalue weighted by Gasteiger charge is -2.42. The predicted octanol–water partition coefficient (Wildman–Crippen LogP) is 5.97. The van der Waals surface area contributed by atoms with Crippen molar-refractivity contribution < 1.29 is 13.5 Å². The van der Waals surface area contributed by atoms with Crippen molar-refractivity contribution in [3.8, 4) is 11.5 Å². The first-order valence-electron chi connectivity index (χ1n) is 9.26. The first-order valence-corrected chi connectivity index (χ1v) is 10.6. The molecule has 2 aliphatic rings. The molecule has 5 rings (SSSR count). The monoisotopic (exact) mass is 434 g/mol. The van der Waals surface area contributed by atoms with Crippen LogP contribution in [-0.4, -0.2) is 27.4 Å². The molecule has 1 aliphatic heterocycles. The summed E-state index contributed by atoms with van der Waals surface area (Å²) in [4.78, 5) is 11.5. The summed E-state index contributed by atoms with van der Waals surface area (Å²) in [7, 11) is 0. The van der Waals surface area contributed by atoms with Gasteiger partial charge in [0.05, 0.1) is 10.4 Å². The lowest BCUT2D eigenvalue weighted by Crippen LogP contribution is -2.39. The first-order chi connectivity index (χ1) is 14.0. The second-order valence-corrected chi connectivity index (χ2v) is 8.80. The molecule has 0 bridgehead atoms. The van der Waals surface area contributed by atoms with E-state index in [-0.39, 0.29) is 5.75 Å². The van der Waals surface area contributed by atoms with Crippen LogP contribution in [0.3, 0.4) is 0 Å². The number of rotatable bonds is 3. The number of H-pyrrole nitrogens is 1. The minimum Gasteiger partial charge on any atom is -0.450 e. The third-order valence-corrected chi connectivity index (χ3v) is 7.00. The fourth-order valence-electron chi connectivity index (χ4n) is 3.64. The van der Waals surface area contributed by atoms with Gasteiger partial charge in [-0.05, 0) is 24.3 Å². The molecule has 0 saturated heterocycles. The van der Waals surface area contributed by atoms with Gasteiger partial charge in [-0.1, -0.05) is 29.8 Å². The molecule has 2 N–H and O–H groups in total. The number of halogens is 3. The molecule has 1 aliphatic carbocycles. The third-order valence-electron chi connectivity index (χ3n) is 5.44. The number of benzene rings is 1. The van der Waals surface area contributed by atoms with Gasteiger partial charge in [0.15, 0.2) is 22.6 Å². The van der Waals surface area contributed by atoms with Crippen molar-refractivity contribution in [2.24, 2.45) is 10.4 Å². The summed E-state index contributed by atoms with van der Waals surface area (Å²) in [6.07, 6.45) is 6.69. The number of aliphatic imine (C=N–C) groups is 1. The van der Waals surface area contributed by atoms with E-state index >= 15 is 0 Å². The quantitative estimate of drug-likeness (QED) is 0.533. The van der Waals surface area contributed by atoms with Crippen LogP contribution in [0.25, 0.3) is 11.0 Å². The molecule has 150 valence electrons. The van der Waals surface area contributed by atoms with E-state index in [0.29, 0.717) is 32.3 Å². The van der Waals surface area contributed by atoms with Gasteiger partial charge in [-0.2, -0.15) is 0 Å². The molecule has 1 saturated carbocycles. The molecule has 3 heterocycles. The van der Waals surface area contributed by atoms with E-state index < -0.39 is 17.4 Å². The average molecular weight is 435 g/mol. The summed E-state index contributed by atoms with van der Waals surface area (Å²) in [5, 5.41) is 4.53. The standard InChI is InChI=1S/C20H17ClF2N4OS/c21-12-8-25-18-16(12)15(2-5-24-18)28-17-13(22)6-11(7-14(17)23)27-19-26-9-20(10-29-19)3-1-4-20/h2,5-8H,1,3-4,9-10H2,(H,24,25)(H,26,27). The number of hydrogen-bond donors (Lipinski definition) is 2. The number of amidine groups is 1. The maximum Gasteiger partial charge on any atom is 0.198 e. The Hall–Kier alpha value is -2.32. The summed E-state index contributed by atoms with van der Waals surface area (Å²) in [6.45, 7) is 0.768. The molecular formula is C20H17ClF2N4OS. The van der Waals surface area contributed by atoms with Gasteiger partial charge in [0, 0.05) is 42.5 Å². The van der Waals surface area contributed by atoms with Crippen LogP contribution in [0.5, 0.6) is 11.5 Å². The molecule has 0 radical (unpaired) electrons. The van der Waals surface area contributed by atoms with Crippen LogP contribution in [0.1, 0.15) is 19.3 Å². The van der Waals surface area contributed by atoms with Crippen LogP contribution in [0, 0.1) is 17.0 Å². The number of nitrogens with zero attached hydrogens (tertiary/aromatic N) is 2. The molecule has 1 spiro atoms. The van der Waals surface area contributed by atoms with Crippen molar-refractivity contribution in [2.45, 2.75) is 19.3 Å². The Morgan fingerprint density at radius 3 is 2.69 bits per heavy atom. The molecule has 29 heavy (non-hydrogen) atoms. The van der Waals surface area contributed by atoms with Crippen LogP contribution in [0.15, 0.2) is 35.6 Å². The van der Waals surface area contributed by atoms with Crippen molar-refractivity contribution in [2.75, 3.05) is 17.6 Å². The number of aromatic nitrogens is 2.